The Balaban J connectivity index is 0.995. The van der Waals surface area contributed by atoms with Gasteiger partial charge in [0.2, 0.25) is 5.91 Å². The molecule has 3 atom stereocenters. The van der Waals surface area contributed by atoms with Crippen LogP contribution in [-0.2, 0) is 11.4 Å². The smallest absolute Gasteiger partial charge is 0.411 e. The zero-order chi connectivity index (χ0) is 38.8. The van der Waals surface area contributed by atoms with Crippen molar-refractivity contribution in [3.63, 3.8) is 0 Å². The van der Waals surface area contributed by atoms with Gasteiger partial charge in [-0.2, -0.15) is 0 Å². The quantitative estimate of drug-likeness (QED) is 0.0643. The third-order valence-electron chi connectivity index (χ3n) is 10.6. The number of non-ortho nitro benzene ring substituents is 1. The van der Waals surface area contributed by atoms with Crippen LogP contribution in [0.15, 0.2) is 66.7 Å². The fourth-order valence-electron chi connectivity index (χ4n) is 7.79. The minimum atomic E-state index is -1.24. The number of benzene rings is 4. The summed E-state index contributed by atoms with van der Waals surface area (Å²) in [7, 11) is 1.45. The summed E-state index contributed by atoms with van der Waals surface area (Å²) in [5, 5.41) is 33.4. The van der Waals surface area contributed by atoms with E-state index >= 15 is 0 Å². The van der Waals surface area contributed by atoms with Crippen LogP contribution >= 0.6 is 11.6 Å². The second-order valence-corrected chi connectivity index (χ2v) is 14.2. The van der Waals surface area contributed by atoms with Crippen molar-refractivity contribution >= 4 is 57.3 Å². The van der Waals surface area contributed by atoms with Crippen LogP contribution in [0.5, 0.6) is 17.2 Å². The Morgan fingerprint density at radius 1 is 0.927 bits per heavy atom. The molecule has 14 nitrogen and oxygen atoms in total. The molecule has 3 heterocycles. The number of aliphatic hydroxyl groups is 1. The molecule has 3 aliphatic heterocycles. The first-order valence-corrected chi connectivity index (χ1v) is 18.8. The predicted octanol–water partition coefficient (Wildman–Crippen LogP) is 6.72. The number of carboxylic acid groups (broad SMARTS) is 1. The van der Waals surface area contributed by atoms with Crippen molar-refractivity contribution < 1.29 is 43.7 Å². The fraction of sp³-hybridized carbons (Fsp3) is 0.375. The van der Waals surface area contributed by atoms with Gasteiger partial charge in [0.05, 0.1) is 54.3 Å². The number of hydrogen-bond acceptors (Lipinski definition) is 9. The number of nitrogens with zero attached hydrogens (tertiary/aromatic N) is 4. The van der Waals surface area contributed by atoms with E-state index in [4.69, 9.17) is 25.8 Å². The van der Waals surface area contributed by atoms with Crippen LogP contribution in [0.1, 0.15) is 59.5 Å². The molecule has 1 fully saturated rings. The highest BCUT2D eigenvalue weighted by atomic mass is 35.5. The third kappa shape index (κ3) is 7.43. The highest BCUT2D eigenvalue weighted by Crippen LogP contribution is 2.46. The first kappa shape index (κ1) is 37.7. The Hall–Kier alpha value is -5.60. The van der Waals surface area contributed by atoms with Crippen molar-refractivity contribution in [1.29, 1.82) is 0 Å². The summed E-state index contributed by atoms with van der Waals surface area (Å²) in [6.07, 6.45) is 0.480. The Morgan fingerprint density at radius 3 is 2.38 bits per heavy atom. The molecular weight excluding hydrogens is 732 g/mol. The molecule has 55 heavy (non-hydrogen) atoms. The minimum Gasteiger partial charge on any atom is -0.493 e. The summed E-state index contributed by atoms with van der Waals surface area (Å²) in [5.74, 6) is 1.05. The molecule has 4 aromatic carbocycles. The van der Waals surface area contributed by atoms with Crippen molar-refractivity contribution in [2.24, 2.45) is 0 Å². The molecule has 3 amide bonds. The van der Waals surface area contributed by atoms with Crippen LogP contribution in [0.25, 0.3) is 10.8 Å². The lowest BCUT2D eigenvalue weighted by Crippen LogP contribution is -2.45. The molecule has 0 spiro atoms. The van der Waals surface area contributed by atoms with Crippen molar-refractivity contribution in [2.45, 2.75) is 56.8 Å². The largest absolute Gasteiger partial charge is 0.493 e. The number of nitro benzene ring substituents is 1. The van der Waals surface area contributed by atoms with Gasteiger partial charge in [-0.3, -0.25) is 24.6 Å². The van der Waals surface area contributed by atoms with E-state index in [0.29, 0.717) is 62.6 Å². The predicted molar refractivity (Wildman–Crippen MR) is 205 cm³/mol. The molecule has 0 radical (unpaired) electrons. The van der Waals surface area contributed by atoms with E-state index in [9.17, 15) is 34.7 Å². The number of anilines is 2. The number of halogens is 1. The van der Waals surface area contributed by atoms with Crippen molar-refractivity contribution in [3.05, 3.63) is 93.5 Å². The average molecular weight is 773 g/mol. The lowest BCUT2D eigenvalue weighted by molar-refractivity contribution is -0.384. The number of unbranched alkanes of at least 4 members (excludes halogenated alkanes) is 2. The van der Waals surface area contributed by atoms with Crippen LogP contribution in [-0.4, -0.2) is 89.3 Å². The van der Waals surface area contributed by atoms with Gasteiger partial charge in [-0.1, -0.05) is 24.3 Å². The highest BCUT2D eigenvalue weighted by molar-refractivity contribution is 6.19. The molecular formula is C40H41ClN4O10. The van der Waals surface area contributed by atoms with Gasteiger partial charge in [0.1, 0.15) is 12.4 Å². The normalized spacial score (nSPS) is 18.8. The highest BCUT2D eigenvalue weighted by Gasteiger charge is 2.43. The van der Waals surface area contributed by atoms with E-state index in [2.05, 4.69) is 0 Å². The van der Waals surface area contributed by atoms with Gasteiger partial charge in [-0.25, -0.2) is 4.79 Å². The summed E-state index contributed by atoms with van der Waals surface area (Å²) in [4.78, 5) is 54.4. The van der Waals surface area contributed by atoms with Gasteiger partial charge < -0.3 is 34.2 Å². The summed E-state index contributed by atoms with van der Waals surface area (Å²) in [6.45, 7) is 1.17. The Kier molecular flexibility index (Phi) is 11.0. The molecule has 0 aliphatic carbocycles. The number of carbonyl (C=O) groups excluding carboxylic acids is 2. The molecule has 288 valence electrons. The summed E-state index contributed by atoms with van der Waals surface area (Å²) < 4.78 is 17.8. The topological polar surface area (TPSA) is 172 Å². The van der Waals surface area contributed by atoms with Gasteiger partial charge >= 0.3 is 6.09 Å². The number of methoxy groups -OCH3 is 1. The SMILES string of the molecule is COc1cc2c(cc1OCCCCCC(=O)N1C[C@@H](CCl)c3c1cc(OCc1ccc([N+](=O)[O-])cc1)c1ccccc31)N(C(=O)O)CC1C(O)CCN1C2=O. The van der Waals surface area contributed by atoms with Crippen molar-refractivity contribution in [2.75, 3.05) is 49.0 Å². The maximum Gasteiger partial charge on any atom is 0.411 e. The maximum absolute atomic E-state index is 13.7. The number of aliphatic hydroxyl groups excluding tert-OH is 1. The molecule has 4 aromatic rings. The van der Waals surface area contributed by atoms with Crippen LogP contribution < -0.4 is 24.0 Å². The lowest BCUT2D eigenvalue weighted by Gasteiger charge is -2.26. The molecule has 1 saturated heterocycles. The molecule has 0 bridgehead atoms. The van der Waals surface area contributed by atoms with Gasteiger partial charge in [-0.15, -0.1) is 11.6 Å². The number of nitro groups is 1. The first-order chi connectivity index (χ1) is 26.6. The zero-order valence-corrected chi connectivity index (χ0v) is 30.9. The molecule has 0 aromatic heterocycles. The summed E-state index contributed by atoms with van der Waals surface area (Å²) >= 11 is 6.46. The van der Waals surface area contributed by atoms with Crippen LogP contribution in [0.2, 0.25) is 0 Å². The fourth-order valence-corrected chi connectivity index (χ4v) is 8.04. The summed E-state index contributed by atoms with van der Waals surface area (Å²) in [6, 6.07) is 18.3. The van der Waals surface area contributed by atoms with E-state index in [-0.39, 0.29) is 60.2 Å². The van der Waals surface area contributed by atoms with E-state index in [1.54, 1.807) is 17.0 Å². The standard InChI is InChI=1S/C40H41ClN4O10/c1-53-35-17-29-30(44(40(49)50)22-32-33(46)14-15-42(32)39(29)48)18-36(35)54-16-6-2-3-9-37(47)43-21-25(20-41)38-28-8-5-4-7-27(28)34(19-31(38)43)55-23-24-10-12-26(13-11-24)45(51)52/h4-5,7-8,10-13,17-19,25,32-33,46H,2-3,6,9,14-16,20-23H2,1H3,(H,49,50)/t25-,32?,33?/m1/s1. The van der Waals surface area contributed by atoms with Crippen molar-refractivity contribution in [3.8, 4) is 17.2 Å². The van der Waals surface area contributed by atoms with Crippen LogP contribution in [0, 0.1) is 10.1 Å². The molecule has 7 rings (SSSR count). The van der Waals surface area contributed by atoms with Gasteiger partial charge in [-0.05, 0) is 60.4 Å². The Bertz CT molecular complexity index is 2130. The monoisotopic (exact) mass is 772 g/mol. The second-order valence-electron chi connectivity index (χ2n) is 13.9. The molecule has 0 saturated carbocycles. The Morgan fingerprint density at radius 2 is 1.67 bits per heavy atom. The zero-order valence-electron chi connectivity index (χ0n) is 30.2. The number of carbonyl (C=O) groups is 3. The molecule has 3 aliphatic rings. The van der Waals surface area contributed by atoms with Gasteiger partial charge in [0.25, 0.3) is 11.6 Å². The minimum absolute atomic E-state index is 0.00124. The van der Waals surface area contributed by atoms with Crippen molar-refractivity contribution in [1.82, 2.24) is 4.90 Å². The molecule has 15 heteroatoms. The lowest BCUT2D eigenvalue weighted by atomic mass is 9.95. The third-order valence-corrected chi connectivity index (χ3v) is 11.0. The van der Waals surface area contributed by atoms with E-state index in [1.165, 1.54) is 36.3 Å². The maximum atomic E-state index is 13.7. The first-order valence-electron chi connectivity index (χ1n) is 18.2. The van der Waals surface area contributed by atoms with E-state index in [1.807, 2.05) is 30.3 Å². The van der Waals surface area contributed by atoms with E-state index < -0.39 is 23.2 Å². The molecule has 2 N–H and O–H groups in total. The number of hydrogen-bond donors (Lipinski definition) is 2. The Labute approximate surface area is 321 Å². The van der Waals surface area contributed by atoms with Gasteiger partial charge in [0.15, 0.2) is 11.5 Å². The number of fused-ring (bicyclic) bond motifs is 5. The van der Waals surface area contributed by atoms with Crippen LogP contribution in [0.4, 0.5) is 21.9 Å². The molecule has 2 unspecified atom stereocenters. The number of ether oxygens (including phenoxy) is 3. The van der Waals surface area contributed by atoms with Gasteiger partial charge in [0, 0.05) is 61.0 Å². The van der Waals surface area contributed by atoms with Crippen LogP contribution in [0.3, 0.4) is 0 Å². The average Bonchev–Trinajstić information content (AvgIpc) is 3.72. The number of amides is 3. The second kappa shape index (κ2) is 16.0. The number of rotatable bonds is 13. The summed E-state index contributed by atoms with van der Waals surface area (Å²) in [5.41, 5.74) is 2.87. The number of alkyl halides is 1. The van der Waals surface area contributed by atoms with E-state index in [0.717, 1.165) is 32.5 Å².